The van der Waals surface area contributed by atoms with Crippen molar-refractivity contribution in [2.24, 2.45) is 17.6 Å². The molecule has 0 heterocycles. The van der Waals surface area contributed by atoms with E-state index in [1.54, 1.807) is 7.11 Å². The lowest BCUT2D eigenvalue weighted by Crippen LogP contribution is -2.44. The third-order valence-corrected chi connectivity index (χ3v) is 3.77. The Hall–Kier alpha value is -0.0800. The SMILES string of the molecule is COCCC1(N)CCC(C(C)C)CC1. The van der Waals surface area contributed by atoms with Gasteiger partial charge in [-0.25, -0.2) is 0 Å². The van der Waals surface area contributed by atoms with E-state index in [-0.39, 0.29) is 5.54 Å². The molecule has 84 valence electrons. The smallest absolute Gasteiger partial charge is 0.0479 e. The molecule has 0 aromatic heterocycles. The van der Waals surface area contributed by atoms with E-state index in [0.29, 0.717) is 0 Å². The van der Waals surface area contributed by atoms with Gasteiger partial charge in [-0.15, -0.1) is 0 Å². The summed E-state index contributed by atoms with van der Waals surface area (Å²) >= 11 is 0. The zero-order chi connectivity index (χ0) is 10.6. The summed E-state index contributed by atoms with van der Waals surface area (Å²) in [4.78, 5) is 0. The van der Waals surface area contributed by atoms with Gasteiger partial charge < -0.3 is 10.5 Å². The van der Waals surface area contributed by atoms with E-state index in [1.165, 1.54) is 25.7 Å². The van der Waals surface area contributed by atoms with E-state index in [9.17, 15) is 0 Å². The Morgan fingerprint density at radius 2 is 1.93 bits per heavy atom. The molecule has 0 radical (unpaired) electrons. The first-order valence-corrected chi connectivity index (χ1v) is 5.85. The van der Waals surface area contributed by atoms with E-state index in [0.717, 1.165) is 24.9 Å². The van der Waals surface area contributed by atoms with Gasteiger partial charge in [-0.1, -0.05) is 13.8 Å². The van der Waals surface area contributed by atoms with Crippen molar-refractivity contribution in [3.63, 3.8) is 0 Å². The number of rotatable bonds is 4. The van der Waals surface area contributed by atoms with Crippen LogP contribution in [0.2, 0.25) is 0 Å². The molecule has 1 aliphatic rings. The van der Waals surface area contributed by atoms with Crippen LogP contribution in [0.3, 0.4) is 0 Å². The molecule has 2 N–H and O–H groups in total. The predicted molar refractivity (Wildman–Crippen MR) is 60.2 cm³/mol. The summed E-state index contributed by atoms with van der Waals surface area (Å²) in [5, 5.41) is 0. The summed E-state index contributed by atoms with van der Waals surface area (Å²) in [6, 6.07) is 0. The Morgan fingerprint density at radius 3 is 2.36 bits per heavy atom. The first-order valence-electron chi connectivity index (χ1n) is 5.85. The number of ether oxygens (including phenoxy) is 1. The molecule has 1 rings (SSSR count). The second-order valence-corrected chi connectivity index (χ2v) is 5.19. The van der Waals surface area contributed by atoms with Crippen LogP contribution in [0.15, 0.2) is 0 Å². The average molecular weight is 199 g/mol. The van der Waals surface area contributed by atoms with Crippen LogP contribution in [0, 0.1) is 11.8 Å². The maximum Gasteiger partial charge on any atom is 0.0479 e. The molecule has 2 heteroatoms. The van der Waals surface area contributed by atoms with Gasteiger partial charge in [-0.2, -0.15) is 0 Å². The summed E-state index contributed by atoms with van der Waals surface area (Å²) in [5.41, 5.74) is 6.40. The molecule has 0 aliphatic heterocycles. The summed E-state index contributed by atoms with van der Waals surface area (Å²) < 4.78 is 5.10. The van der Waals surface area contributed by atoms with Crippen LogP contribution < -0.4 is 5.73 Å². The van der Waals surface area contributed by atoms with Crippen molar-refractivity contribution >= 4 is 0 Å². The van der Waals surface area contributed by atoms with Gasteiger partial charge in [-0.3, -0.25) is 0 Å². The third-order valence-electron chi connectivity index (χ3n) is 3.77. The maximum atomic E-state index is 6.33. The number of nitrogens with two attached hydrogens (primary N) is 1. The molecule has 14 heavy (non-hydrogen) atoms. The summed E-state index contributed by atoms with van der Waals surface area (Å²) in [7, 11) is 1.75. The molecule has 0 unspecified atom stereocenters. The van der Waals surface area contributed by atoms with Crippen molar-refractivity contribution in [3.05, 3.63) is 0 Å². The molecular weight excluding hydrogens is 174 g/mol. The molecule has 2 nitrogen and oxygen atoms in total. The zero-order valence-electron chi connectivity index (χ0n) is 9.88. The van der Waals surface area contributed by atoms with Gasteiger partial charge >= 0.3 is 0 Å². The van der Waals surface area contributed by atoms with Crippen molar-refractivity contribution in [2.75, 3.05) is 13.7 Å². The van der Waals surface area contributed by atoms with Crippen LogP contribution >= 0.6 is 0 Å². The van der Waals surface area contributed by atoms with Crippen molar-refractivity contribution in [3.8, 4) is 0 Å². The van der Waals surface area contributed by atoms with E-state index >= 15 is 0 Å². The fourth-order valence-corrected chi connectivity index (χ4v) is 2.44. The fraction of sp³-hybridized carbons (Fsp3) is 1.00. The van der Waals surface area contributed by atoms with Crippen LogP contribution in [0.5, 0.6) is 0 Å². The van der Waals surface area contributed by atoms with E-state index in [4.69, 9.17) is 10.5 Å². The summed E-state index contributed by atoms with van der Waals surface area (Å²) in [6.07, 6.45) is 5.99. The van der Waals surface area contributed by atoms with E-state index in [2.05, 4.69) is 13.8 Å². The topological polar surface area (TPSA) is 35.2 Å². The zero-order valence-corrected chi connectivity index (χ0v) is 9.88. The van der Waals surface area contributed by atoms with Crippen molar-refractivity contribution in [2.45, 2.75) is 51.5 Å². The minimum Gasteiger partial charge on any atom is -0.385 e. The molecule has 0 aromatic carbocycles. The Kier molecular flexibility index (Phi) is 4.39. The lowest BCUT2D eigenvalue weighted by Gasteiger charge is -2.38. The van der Waals surface area contributed by atoms with Crippen LogP contribution in [-0.4, -0.2) is 19.3 Å². The number of methoxy groups -OCH3 is 1. The van der Waals surface area contributed by atoms with Crippen molar-refractivity contribution < 1.29 is 4.74 Å². The van der Waals surface area contributed by atoms with Gasteiger partial charge in [0.25, 0.3) is 0 Å². The highest BCUT2D eigenvalue weighted by Gasteiger charge is 2.32. The van der Waals surface area contributed by atoms with E-state index < -0.39 is 0 Å². The molecule has 1 saturated carbocycles. The highest BCUT2D eigenvalue weighted by atomic mass is 16.5. The summed E-state index contributed by atoms with van der Waals surface area (Å²) in [6.45, 7) is 5.45. The van der Waals surface area contributed by atoms with Gasteiger partial charge in [0.2, 0.25) is 0 Å². The number of hydrogen-bond donors (Lipinski definition) is 1. The maximum absolute atomic E-state index is 6.33. The van der Waals surface area contributed by atoms with Gasteiger partial charge in [0.05, 0.1) is 0 Å². The molecule has 0 bridgehead atoms. The van der Waals surface area contributed by atoms with Crippen LogP contribution in [-0.2, 0) is 4.74 Å². The molecule has 0 saturated heterocycles. The van der Waals surface area contributed by atoms with Gasteiger partial charge in [0.15, 0.2) is 0 Å². The summed E-state index contributed by atoms with van der Waals surface area (Å²) in [5.74, 6) is 1.72. The monoisotopic (exact) mass is 199 g/mol. The predicted octanol–water partition coefficient (Wildman–Crippen LogP) is 2.57. The quantitative estimate of drug-likeness (QED) is 0.755. The standard InChI is InChI=1S/C12H25NO/c1-10(2)11-4-6-12(13,7-5-11)8-9-14-3/h10-11H,4-9,13H2,1-3H3. The second-order valence-electron chi connectivity index (χ2n) is 5.19. The minimum atomic E-state index is 0.0708. The largest absolute Gasteiger partial charge is 0.385 e. The van der Waals surface area contributed by atoms with Crippen LogP contribution in [0.1, 0.15) is 46.0 Å². The lowest BCUT2D eigenvalue weighted by molar-refractivity contribution is 0.129. The first-order chi connectivity index (χ1) is 6.57. The highest BCUT2D eigenvalue weighted by Crippen LogP contribution is 2.35. The van der Waals surface area contributed by atoms with E-state index in [1.807, 2.05) is 0 Å². The van der Waals surface area contributed by atoms with Crippen molar-refractivity contribution in [1.82, 2.24) is 0 Å². The minimum absolute atomic E-state index is 0.0708. The molecule has 1 aliphatic carbocycles. The van der Waals surface area contributed by atoms with Crippen molar-refractivity contribution in [1.29, 1.82) is 0 Å². The van der Waals surface area contributed by atoms with Crippen LogP contribution in [0.4, 0.5) is 0 Å². The average Bonchev–Trinajstić information content (AvgIpc) is 2.16. The second kappa shape index (κ2) is 5.13. The van der Waals surface area contributed by atoms with Gasteiger partial charge in [0, 0.05) is 19.3 Å². The van der Waals surface area contributed by atoms with Gasteiger partial charge in [-0.05, 0) is 43.9 Å². The molecule has 0 aromatic rings. The molecule has 0 spiro atoms. The molecular formula is C12H25NO. The first kappa shape index (κ1) is 12.0. The Balaban J connectivity index is 2.33. The lowest BCUT2D eigenvalue weighted by atomic mass is 9.72. The van der Waals surface area contributed by atoms with Crippen LogP contribution in [0.25, 0.3) is 0 Å². The molecule has 0 atom stereocenters. The normalized spacial score (nSPS) is 33.6. The Bertz CT molecular complexity index is 160. The molecule has 1 fully saturated rings. The van der Waals surface area contributed by atoms with Gasteiger partial charge in [0.1, 0.15) is 0 Å². The number of hydrogen-bond acceptors (Lipinski definition) is 2. The fourth-order valence-electron chi connectivity index (χ4n) is 2.44. The Labute approximate surface area is 88.2 Å². The molecule has 0 amide bonds. The highest BCUT2D eigenvalue weighted by molar-refractivity contribution is 4.90. The third kappa shape index (κ3) is 3.25. The Morgan fingerprint density at radius 1 is 1.36 bits per heavy atom.